The van der Waals surface area contributed by atoms with Crippen LogP contribution >= 0.6 is 11.6 Å². The van der Waals surface area contributed by atoms with Gasteiger partial charge in [-0.05, 0) is 25.3 Å². The highest BCUT2D eigenvalue weighted by atomic mass is 35.5. The summed E-state index contributed by atoms with van der Waals surface area (Å²) in [6, 6.07) is 1.44. The van der Waals surface area contributed by atoms with Crippen molar-refractivity contribution in [3.63, 3.8) is 0 Å². The zero-order valence-corrected chi connectivity index (χ0v) is 11.7. The molecule has 18 heavy (non-hydrogen) atoms. The minimum atomic E-state index is -3.51. The van der Waals surface area contributed by atoms with Gasteiger partial charge in [0.25, 0.3) is 0 Å². The zero-order chi connectivity index (χ0) is 13.3. The van der Waals surface area contributed by atoms with Crippen molar-refractivity contribution in [3.05, 3.63) is 17.3 Å². The highest BCUT2D eigenvalue weighted by Crippen LogP contribution is 2.29. The van der Waals surface area contributed by atoms with Gasteiger partial charge in [0.1, 0.15) is 10.7 Å². The molecule has 100 valence electrons. The molecular weight excluding hydrogens is 274 g/mol. The summed E-state index contributed by atoms with van der Waals surface area (Å²) in [5, 5.41) is 0.170. The fourth-order valence-corrected chi connectivity index (χ4v) is 4.21. The number of pyridine rings is 1. The standard InChI is InChI=1S/C11H16ClN3O2S/c1-2-8-4-3-5-15(8)18(16,17)9-6-10(12)11(13)14-7-9/h6-8H,2-5H2,1H3,(H2,13,14). The van der Waals surface area contributed by atoms with E-state index in [1.165, 1.54) is 16.6 Å². The van der Waals surface area contributed by atoms with E-state index in [0.29, 0.717) is 6.54 Å². The second-order valence-electron chi connectivity index (χ2n) is 4.36. The minimum absolute atomic E-state index is 0.0753. The molecule has 0 amide bonds. The van der Waals surface area contributed by atoms with Crippen molar-refractivity contribution in [2.24, 2.45) is 0 Å². The molecule has 0 bridgehead atoms. The zero-order valence-electron chi connectivity index (χ0n) is 10.1. The molecular formula is C11H16ClN3O2S. The van der Waals surface area contributed by atoms with Gasteiger partial charge in [-0.15, -0.1) is 0 Å². The van der Waals surface area contributed by atoms with E-state index in [1.54, 1.807) is 0 Å². The van der Waals surface area contributed by atoms with E-state index in [0.717, 1.165) is 19.3 Å². The smallest absolute Gasteiger partial charge is 0.244 e. The summed E-state index contributed by atoms with van der Waals surface area (Å²) in [5.41, 5.74) is 5.49. The molecule has 1 atom stereocenters. The molecule has 0 saturated carbocycles. The average Bonchev–Trinajstić information content (AvgIpc) is 2.81. The lowest BCUT2D eigenvalue weighted by molar-refractivity contribution is 0.379. The SMILES string of the molecule is CCC1CCCN1S(=O)(=O)c1cnc(N)c(Cl)c1. The molecule has 2 heterocycles. The second-order valence-corrected chi connectivity index (χ2v) is 6.66. The van der Waals surface area contributed by atoms with Gasteiger partial charge in [0.05, 0.1) is 5.02 Å². The second kappa shape index (κ2) is 5.03. The largest absolute Gasteiger partial charge is 0.382 e. The van der Waals surface area contributed by atoms with Crippen LogP contribution in [0.5, 0.6) is 0 Å². The van der Waals surface area contributed by atoms with Gasteiger partial charge >= 0.3 is 0 Å². The number of sulfonamides is 1. The number of nitrogen functional groups attached to an aromatic ring is 1. The van der Waals surface area contributed by atoms with Crippen LogP contribution in [0.15, 0.2) is 17.2 Å². The molecule has 1 unspecified atom stereocenters. The van der Waals surface area contributed by atoms with Crippen LogP contribution in [0, 0.1) is 0 Å². The van der Waals surface area contributed by atoms with Crippen LogP contribution in [-0.4, -0.2) is 30.3 Å². The number of aromatic nitrogens is 1. The fourth-order valence-electron chi connectivity index (χ4n) is 2.24. The Labute approximate surface area is 112 Å². The van der Waals surface area contributed by atoms with Crippen LogP contribution < -0.4 is 5.73 Å². The van der Waals surface area contributed by atoms with Crippen LogP contribution in [0.25, 0.3) is 0 Å². The number of rotatable bonds is 3. The summed E-state index contributed by atoms with van der Waals surface area (Å²) in [6.45, 7) is 2.55. The van der Waals surface area contributed by atoms with Gasteiger partial charge in [0.15, 0.2) is 0 Å². The Morgan fingerprint density at radius 3 is 2.94 bits per heavy atom. The van der Waals surface area contributed by atoms with Crippen molar-refractivity contribution in [3.8, 4) is 0 Å². The van der Waals surface area contributed by atoms with Gasteiger partial charge in [-0.25, -0.2) is 13.4 Å². The molecule has 5 nitrogen and oxygen atoms in total. The first-order valence-corrected chi connectivity index (χ1v) is 7.71. The molecule has 0 spiro atoms. The van der Waals surface area contributed by atoms with E-state index >= 15 is 0 Å². The Kier molecular flexibility index (Phi) is 3.79. The Hall–Kier alpha value is -0.850. The van der Waals surface area contributed by atoms with Gasteiger partial charge in [-0.1, -0.05) is 18.5 Å². The molecule has 0 aromatic carbocycles. The molecule has 1 aromatic rings. The molecule has 1 fully saturated rings. The topological polar surface area (TPSA) is 76.3 Å². The lowest BCUT2D eigenvalue weighted by Gasteiger charge is -2.22. The Balaban J connectivity index is 2.38. The van der Waals surface area contributed by atoms with Crippen molar-refractivity contribution in [1.82, 2.24) is 9.29 Å². The highest BCUT2D eigenvalue weighted by Gasteiger charge is 2.34. The molecule has 2 rings (SSSR count). The predicted octanol–water partition coefficient (Wildman–Crippen LogP) is 1.88. The van der Waals surface area contributed by atoms with E-state index in [4.69, 9.17) is 17.3 Å². The summed E-state index contributed by atoms with van der Waals surface area (Å²) in [5.74, 6) is 0.143. The Bertz CT molecular complexity index is 547. The van der Waals surface area contributed by atoms with Gasteiger partial charge in [0, 0.05) is 18.8 Å². The molecule has 1 aromatic heterocycles. The van der Waals surface area contributed by atoms with Crippen molar-refractivity contribution >= 4 is 27.4 Å². The van der Waals surface area contributed by atoms with Crippen LogP contribution in [-0.2, 0) is 10.0 Å². The summed E-state index contributed by atoms with van der Waals surface area (Å²) in [7, 11) is -3.51. The van der Waals surface area contributed by atoms with E-state index in [2.05, 4.69) is 4.98 Å². The first-order valence-electron chi connectivity index (χ1n) is 5.89. The monoisotopic (exact) mass is 289 g/mol. The van der Waals surface area contributed by atoms with Crippen LogP contribution in [0.2, 0.25) is 5.02 Å². The lowest BCUT2D eigenvalue weighted by atomic mass is 10.2. The number of halogens is 1. The highest BCUT2D eigenvalue weighted by molar-refractivity contribution is 7.89. The predicted molar refractivity (Wildman–Crippen MR) is 70.9 cm³/mol. The molecule has 7 heteroatoms. The fraction of sp³-hybridized carbons (Fsp3) is 0.545. The van der Waals surface area contributed by atoms with E-state index in [-0.39, 0.29) is 21.8 Å². The molecule has 0 radical (unpaired) electrons. The quantitative estimate of drug-likeness (QED) is 0.922. The van der Waals surface area contributed by atoms with Crippen molar-refractivity contribution < 1.29 is 8.42 Å². The maximum atomic E-state index is 12.5. The van der Waals surface area contributed by atoms with E-state index in [9.17, 15) is 8.42 Å². The van der Waals surface area contributed by atoms with Gasteiger partial charge in [-0.2, -0.15) is 4.31 Å². The van der Waals surface area contributed by atoms with Gasteiger partial charge in [-0.3, -0.25) is 0 Å². The normalized spacial score (nSPS) is 21.3. The molecule has 2 N–H and O–H groups in total. The van der Waals surface area contributed by atoms with E-state index in [1.807, 2.05) is 6.92 Å². The molecule has 1 aliphatic heterocycles. The maximum Gasteiger partial charge on any atom is 0.244 e. The van der Waals surface area contributed by atoms with Crippen molar-refractivity contribution in [1.29, 1.82) is 0 Å². The number of hydrogen-bond donors (Lipinski definition) is 1. The Morgan fingerprint density at radius 2 is 2.33 bits per heavy atom. The van der Waals surface area contributed by atoms with E-state index < -0.39 is 10.0 Å². The summed E-state index contributed by atoms with van der Waals surface area (Å²) in [4.78, 5) is 3.92. The van der Waals surface area contributed by atoms with Crippen LogP contribution in [0.1, 0.15) is 26.2 Å². The summed E-state index contributed by atoms with van der Waals surface area (Å²) >= 11 is 5.83. The molecule has 0 aliphatic carbocycles. The third-order valence-corrected chi connectivity index (χ3v) is 5.47. The Morgan fingerprint density at radius 1 is 1.61 bits per heavy atom. The third kappa shape index (κ3) is 2.32. The first-order chi connectivity index (χ1) is 8.46. The minimum Gasteiger partial charge on any atom is -0.382 e. The molecule has 1 saturated heterocycles. The maximum absolute atomic E-state index is 12.5. The lowest BCUT2D eigenvalue weighted by Crippen LogP contribution is -2.35. The van der Waals surface area contributed by atoms with Gasteiger partial charge < -0.3 is 5.73 Å². The first kappa shape index (κ1) is 13.6. The summed E-state index contributed by atoms with van der Waals surface area (Å²) < 4.78 is 26.4. The van der Waals surface area contributed by atoms with Gasteiger partial charge in [0.2, 0.25) is 10.0 Å². The van der Waals surface area contributed by atoms with Crippen LogP contribution in [0.3, 0.4) is 0 Å². The summed E-state index contributed by atoms with van der Waals surface area (Å²) in [6.07, 6.45) is 3.89. The van der Waals surface area contributed by atoms with Crippen molar-refractivity contribution in [2.45, 2.75) is 37.1 Å². The number of nitrogens with zero attached hydrogens (tertiary/aromatic N) is 2. The number of hydrogen-bond acceptors (Lipinski definition) is 4. The van der Waals surface area contributed by atoms with Crippen molar-refractivity contribution in [2.75, 3.05) is 12.3 Å². The average molecular weight is 290 g/mol. The van der Waals surface area contributed by atoms with Crippen LogP contribution in [0.4, 0.5) is 5.82 Å². The molecule has 1 aliphatic rings. The number of anilines is 1. The third-order valence-electron chi connectivity index (χ3n) is 3.25. The number of nitrogens with two attached hydrogens (primary N) is 1.